The minimum atomic E-state index is -4.19. The summed E-state index contributed by atoms with van der Waals surface area (Å²) in [5, 5.41) is 2.64. The van der Waals surface area contributed by atoms with Gasteiger partial charge in [0, 0.05) is 19.1 Å². The molecule has 4 rings (SSSR count). The summed E-state index contributed by atoms with van der Waals surface area (Å²) in [6.45, 7) is 9.57. The average molecular weight is 564 g/mol. The zero-order valence-corrected chi connectivity index (χ0v) is 23.7. The summed E-state index contributed by atoms with van der Waals surface area (Å²) in [4.78, 5) is 26.1. The van der Waals surface area contributed by atoms with Crippen molar-refractivity contribution in [2.24, 2.45) is 0 Å². The third kappa shape index (κ3) is 5.57. The summed E-state index contributed by atoms with van der Waals surface area (Å²) in [5.41, 5.74) is -0.216. The van der Waals surface area contributed by atoms with E-state index in [9.17, 15) is 26.4 Å². The molecule has 38 heavy (non-hydrogen) atoms. The Morgan fingerprint density at radius 1 is 1.11 bits per heavy atom. The van der Waals surface area contributed by atoms with Crippen LogP contribution in [0.2, 0.25) is 0 Å². The first-order valence-corrected chi connectivity index (χ1v) is 15.4. The summed E-state index contributed by atoms with van der Waals surface area (Å²) in [6.07, 6.45) is 0.309. The molecule has 2 aromatic rings. The summed E-state index contributed by atoms with van der Waals surface area (Å²) in [6, 6.07) is 7.95. The Labute approximate surface area is 223 Å². The van der Waals surface area contributed by atoms with Crippen LogP contribution in [0.5, 0.6) is 0 Å². The van der Waals surface area contributed by atoms with Gasteiger partial charge in [0.05, 0.1) is 25.9 Å². The predicted molar refractivity (Wildman–Crippen MR) is 142 cm³/mol. The molecule has 0 aliphatic carbocycles. The molecule has 1 fully saturated rings. The van der Waals surface area contributed by atoms with Gasteiger partial charge in [-0.05, 0) is 69.4 Å². The smallest absolute Gasteiger partial charge is 0.410 e. The topological polar surface area (TPSA) is 139 Å². The maximum atomic E-state index is 13.6. The Kier molecular flexibility index (Phi) is 7.36. The van der Waals surface area contributed by atoms with Crippen molar-refractivity contribution >= 4 is 37.5 Å². The molecule has 0 radical (unpaired) electrons. The van der Waals surface area contributed by atoms with E-state index < -0.39 is 43.5 Å². The molecule has 0 bridgehead atoms. The standard InChI is InChI=1S/C26H33N3O7S2/c1-16(2)19-14-20-23(37(32,33)21-9-7-6-8-18(21)24(30)27-20)15-22(19)38(34,35)28-17-10-12-29(13-11-17)25(31)36-26(3,4)5/h6-9,14-17,28H,10-13H2,1-5H3,(H,27,30). The van der Waals surface area contributed by atoms with Crippen molar-refractivity contribution in [3.63, 3.8) is 0 Å². The number of nitrogens with zero attached hydrogens (tertiary/aromatic N) is 1. The number of benzene rings is 2. The number of amides is 2. The molecule has 0 saturated carbocycles. The van der Waals surface area contributed by atoms with Crippen LogP contribution < -0.4 is 10.0 Å². The van der Waals surface area contributed by atoms with E-state index in [1.165, 1.54) is 24.3 Å². The molecule has 2 heterocycles. The molecule has 10 nitrogen and oxygen atoms in total. The quantitative estimate of drug-likeness (QED) is 0.575. The van der Waals surface area contributed by atoms with Crippen LogP contribution in [-0.4, -0.2) is 58.5 Å². The first kappa shape index (κ1) is 28.1. The maximum Gasteiger partial charge on any atom is 0.410 e. The number of carbonyl (C=O) groups excluding carboxylic acids is 2. The summed E-state index contributed by atoms with van der Waals surface area (Å²) < 4.78 is 62.5. The van der Waals surface area contributed by atoms with Crippen LogP contribution in [-0.2, 0) is 24.6 Å². The highest BCUT2D eigenvalue weighted by atomic mass is 32.2. The van der Waals surface area contributed by atoms with E-state index in [1.54, 1.807) is 45.6 Å². The van der Waals surface area contributed by atoms with Crippen LogP contribution in [0, 0.1) is 0 Å². The molecule has 2 aromatic carbocycles. The molecular formula is C26H33N3O7S2. The first-order valence-electron chi connectivity index (χ1n) is 12.4. The molecular weight excluding hydrogens is 530 g/mol. The lowest BCUT2D eigenvalue weighted by molar-refractivity contribution is 0.0203. The van der Waals surface area contributed by atoms with Gasteiger partial charge in [-0.1, -0.05) is 26.0 Å². The second-order valence-corrected chi connectivity index (χ2v) is 14.4. The highest BCUT2D eigenvalue weighted by molar-refractivity contribution is 7.92. The zero-order valence-electron chi connectivity index (χ0n) is 22.1. The normalized spacial score (nSPS) is 17.8. The van der Waals surface area contributed by atoms with Crippen LogP contribution in [0.15, 0.2) is 51.1 Å². The van der Waals surface area contributed by atoms with E-state index in [0.29, 0.717) is 31.5 Å². The lowest BCUT2D eigenvalue weighted by atomic mass is 10.0. The Balaban J connectivity index is 1.65. The minimum absolute atomic E-state index is 0.00549. The van der Waals surface area contributed by atoms with Crippen molar-refractivity contribution in [2.45, 2.75) is 79.7 Å². The lowest BCUT2D eigenvalue weighted by Crippen LogP contribution is -2.47. The second kappa shape index (κ2) is 9.97. The van der Waals surface area contributed by atoms with Crippen molar-refractivity contribution in [1.29, 1.82) is 0 Å². The van der Waals surface area contributed by atoms with E-state index >= 15 is 0 Å². The average Bonchev–Trinajstić information content (AvgIpc) is 2.90. The van der Waals surface area contributed by atoms with Gasteiger partial charge < -0.3 is 15.0 Å². The van der Waals surface area contributed by atoms with Crippen LogP contribution in [0.25, 0.3) is 0 Å². The van der Waals surface area contributed by atoms with Gasteiger partial charge in [-0.25, -0.2) is 26.4 Å². The van der Waals surface area contributed by atoms with Gasteiger partial charge in [0.2, 0.25) is 19.9 Å². The summed E-state index contributed by atoms with van der Waals surface area (Å²) in [7, 11) is -8.34. The number of piperidine rings is 1. The van der Waals surface area contributed by atoms with Crippen LogP contribution in [0.4, 0.5) is 10.5 Å². The number of sulfone groups is 1. The number of carbonyl (C=O) groups is 2. The van der Waals surface area contributed by atoms with Crippen molar-refractivity contribution in [3.8, 4) is 0 Å². The van der Waals surface area contributed by atoms with E-state index in [0.717, 1.165) is 6.07 Å². The zero-order chi connectivity index (χ0) is 28.0. The van der Waals surface area contributed by atoms with Crippen LogP contribution in [0.3, 0.4) is 0 Å². The van der Waals surface area contributed by atoms with Crippen LogP contribution >= 0.6 is 0 Å². The SMILES string of the molecule is CC(C)c1cc2c(cc1S(=O)(=O)NC1CCN(C(=O)OC(C)(C)C)CC1)S(=O)(=O)c1ccccc1C(=O)N2. The van der Waals surface area contributed by atoms with Gasteiger partial charge in [0.15, 0.2) is 0 Å². The largest absolute Gasteiger partial charge is 0.444 e. The van der Waals surface area contributed by atoms with Gasteiger partial charge in [-0.3, -0.25) is 4.79 Å². The number of anilines is 1. The maximum absolute atomic E-state index is 13.6. The fourth-order valence-corrected chi connectivity index (χ4v) is 7.94. The van der Waals surface area contributed by atoms with Crippen LogP contribution in [0.1, 0.15) is 69.3 Å². The molecule has 0 unspecified atom stereocenters. The fourth-order valence-electron chi connectivity index (χ4n) is 4.57. The number of nitrogens with one attached hydrogen (secondary N) is 2. The van der Waals surface area contributed by atoms with E-state index in [-0.39, 0.29) is 31.9 Å². The molecule has 2 aliphatic rings. The Bertz CT molecular complexity index is 1490. The molecule has 2 N–H and O–H groups in total. The number of rotatable bonds is 4. The third-order valence-electron chi connectivity index (χ3n) is 6.45. The van der Waals surface area contributed by atoms with Crippen molar-refractivity contribution in [1.82, 2.24) is 9.62 Å². The Hall–Kier alpha value is -2.96. The van der Waals surface area contributed by atoms with E-state index in [4.69, 9.17) is 4.74 Å². The number of sulfonamides is 1. The molecule has 2 amide bonds. The molecule has 0 aromatic heterocycles. The number of hydrogen-bond donors (Lipinski definition) is 2. The van der Waals surface area contributed by atoms with E-state index in [1.807, 2.05) is 0 Å². The predicted octanol–water partition coefficient (Wildman–Crippen LogP) is 3.89. The van der Waals surface area contributed by atoms with Crippen molar-refractivity contribution < 1.29 is 31.2 Å². The first-order chi connectivity index (χ1) is 17.6. The monoisotopic (exact) mass is 563 g/mol. The Morgan fingerprint density at radius 3 is 2.34 bits per heavy atom. The highest BCUT2D eigenvalue weighted by Crippen LogP contribution is 2.38. The fraction of sp³-hybridized carbons (Fsp3) is 0.462. The molecule has 206 valence electrons. The molecule has 0 atom stereocenters. The van der Waals surface area contributed by atoms with Gasteiger partial charge in [-0.2, -0.15) is 0 Å². The highest BCUT2D eigenvalue weighted by Gasteiger charge is 2.35. The number of ether oxygens (including phenoxy) is 1. The van der Waals surface area contributed by atoms with E-state index in [2.05, 4.69) is 10.0 Å². The molecule has 12 heteroatoms. The van der Waals surface area contributed by atoms with Gasteiger partial charge >= 0.3 is 6.09 Å². The number of likely N-dealkylation sites (tertiary alicyclic amines) is 1. The molecule has 0 spiro atoms. The number of hydrogen-bond acceptors (Lipinski definition) is 7. The third-order valence-corrected chi connectivity index (χ3v) is 9.88. The second-order valence-electron chi connectivity index (χ2n) is 10.9. The molecule has 2 aliphatic heterocycles. The van der Waals surface area contributed by atoms with Gasteiger partial charge in [0.25, 0.3) is 5.91 Å². The Morgan fingerprint density at radius 2 is 1.74 bits per heavy atom. The summed E-state index contributed by atoms with van der Waals surface area (Å²) >= 11 is 0. The van der Waals surface area contributed by atoms with Gasteiger partial charge in [0.1, 0.15) is 5.60 Å². The van der Waals surface area contributed by atoms with Gasteiger partial charge in [-0.15, -0.1) is 0 Å². The molecule has 1 saturated heterocycles. The van der Waals surface area contributed by atoms with Crippen molar-refractivity contribution in [3.05, 3.63) is 47.5 Å². The summed E-state index contributed by atoms with van der Waals surface area (Å²) in [5.74, 6) is -0.866. The van der Waals surface area contributed by atoms with Crippen molar-refractivity contribution in [2.75, 3.05) is 18.4 Å². The number of fused-ring (bicyclic) bond motifs is 2. The lowest BCUT2D eigenvalue weighted by Gasteiger charge is -2.33. The minimum Gasteiger partial charge on any atom is -0.444 e.